The van der Waals surface area contributed by atoms with Gasteiger partial charge in [-0.2, -0.15) is 0 Å². The summed E-state index contributed by atoms with van der Waals surface area (Å²) in [7, 11) is 0. The molecule has 3 heteroatoms. The zero-order valence-electron chi connectivity index (χ0n) is 11.8. The molecule has 1 aliphatic carbocycles. The number of halogens is 1. The Bertz CT molecular complexity index is 466. The van der Waals surface area contributed by atoms with Gasteiger partial charge in [0, 0.05) is 19.1 Å². The van der Waals surface area contributed by atoms with E-state index in [2.05, 4.69) is 24.8 Å². The van der Waals surface area contributed by atoms with Gasteiger partial charge in [0.05, 0.1) is 13.2 Å². The van der Waals surface area contributed by atoms with Crippen LogP contribution in [0, 0.1) is 5.82 Å². The summed E-state index contributed by atoms with van der Waals surface area (Å²) in [5.41, 5.74) is 3.42. The molecule has 0 spiro atoms. The smallest absolute Gasteiger partial charge is 0.127 e. The Morgan fingerprint density at radius 2 is 2.00 bits per heavy atom. The molecule has 1 aromatic carbocycles. The molecule has 19 heavy (non-hydrogen) atoms. The van der Waals surface area contributed by atoms with Gasteiger partial charge in [0.15, 0.2) is 0 Å². The van der Waals surface area contributed by atoms with E-state index in [1.807, 2.05) is 0 Å². The third-order valence-electron chi connectivity index (χ3n) is 4.41. The normalized spacial score (nSPS) is 23.9. The molecule has 3 rings (SSSR count). The van der Waals surface area contributed by atoms with E-state index in [1.54, 1.807) is 6.07 Å². The second-order valence-electron chi connectivity index (χ2n) is 5.93. The quantitative estimate of drug-likeness (QED) is 0.812. The van der Waals surface area contributed by atoms with Crippen LogP contribution >= 0.6 is 0 Å². The van der Waals surface area contributed by atoms with Crippen LogP contribution in [0.15, 0.2) is 12.1 Å². The van der Waals surface area contributed by atoms with Gasteiger partial charge in [-0.1, -0.05) is 19.9 Å². The van der Waals surface area contributed by atoms with Gasteiger partial charge in [-0.3, -0.25) is 4.90 Å². The molecule has 2 aliphatic rings. The van der Waals surface area contributed by atoms with Crippen LogP contribution in [0.3, 0.4) is 0 Å². The fourth-order valence-electron chi connectivity index (χ4n) is 3.34. The Hall–Kier alpha value is -0.930. The maximum Gasteiger partial charge on any atom is 0.127 e. The van der Waals surface area contributed by atoms with Gasteiger partial charge in [-0.05, 0) is 41.5 Å². The minimum Gasteiger partial charge on any atom is -0.379 e. The molecule has 0 bridgehead atoms. The predicted molar refractivity (Wildman–Crippen MR) is 73.9 cm³/mol. The van der Waals surface area contributed by atoms with Crippen molar-refractivity contribution in [1.29, 1.82) is 0 Å². The van der Waals surface area contributed by atoms with Gasteiger partial charge in [0.25, 0.3) is 0 Å². The van der Waals surface area contributed by atoms with Gasteiger partial charge in [-0.25, -0.2) is 4.39 Å². The number of hydrogen-bond donors (Lipinski definition) is 0. The fourth-order valence-corrected chi connectivity index (χ4v) is 3.34. The van der Waals surface area contributed by atoms with Gasteiger partial charge in [0.1, 0.15) is 5.82 Å². The first-order valence-corrected chi connectivity index (χ1v) is 7.31. The first-order chi connectivity index (χ1) is 9.16. The second kappa shape index (κ2) is 5.22. The Morgan fingerprint density at radius 3 is 2.68 bits per heavy atom. The number of rotatable bonds is 2. The molecular formula is C16H22FNO. The predicted octanol–water partition coefficient (Wildman–Crippen LogP) is 3.27. The molecule has 0 saturated carbocycles. The highest BCUT2D eigenvalue weighted by atomic mass is 19.1. The average Bonchev–Trinajstić information content (AvgIpc) is 2.81. The minimum absolute atomic E-state index is 0.0334. The summed E-state index contributed by atoms with van der Waals surface area (Å²) in [6.07, 6.45) is 2.20. The van der Waals surface area contributed by atoms with Crippen molar-refractivity contribution in [3.05, 3.63) is 34.6 Å². The van der Waals surface area contributed by atoms with E-state index in [-0.39, 0.29) is 11.7 Å². The van der Waals surface area contributed by atoms with Crippen LogP contribution < -0.4 is 0 Å². The van der Waals surface area contributed by atoms with E-state index >= 15 is 0 Å². The molecule has 1 aliphatic heterocycles. The van der Waals surface area contributed by atoms with Crippen molar-refractivity contribution in [3.8, 4) is 0 Å². The molecule has 1 aromatic rings. The van der Waals surface area contributed by atoms with Crippen LogP contribution in [-0.4, -0.2) is 31.2 Å². The maximum atomic E-state index is 14.2. The van der Waals surface area contributed by atoms with Crippen molar-refractivity contribution in [3.63, 3.8) is 0 Å². The minimum atomic E-state index is -0.0334. The molecule has 0 aromatic heterocycles. The van der Waals surface area contributed by atoms with Gasteiger partial charge >= 0.3 is 0 Å². The van der Waals surface area contributed by atoms with E-state index in [1.165, 1.54) is 11.1 Å². The van der Waals surface area contributed by atoms with E-state index in [0.717, 1.165) is 44.7 Å². The fraction of sp³-hybridized carbons (Fsp3) is 0.625. The van der Waals surface area contributed by atoms with Crippen molar-refractivity contribution in [1.82, 2.24) is 4.90 Å². The first-order valence-electron chi connectivity index (χ1n) is 7.31. The highest BCUT2D eigenvalue weighted by Crippen LogP contribution is 2.38. The zero-order chi connectivity index (χ0) is 13.4. The van der Waals surface area contributed by atoms with Crippen LogP contribution in [0.4, 0.5) is 4.39 Å². The topological polar surface area (TPSA) is 12.5 Å². The van der Waals surface area contributed by atoms with E-state index in [9.17, 15) is 4.39 Å². The standard InChI is InChI=1S/C16H22FNO/c1-11(2)13-9-12-3-4-16(14(12)10-15(13)17)18-5-7-19-8-6-18/h9-11,16H,3-8H2,1-2H3. The summed E-state index contributed by atoms with van der Waals surface area (Å²) < 4.78 is 19.6. The van der Waals surface area contributed by atoms with Crippen LogP contribution in [-0.2, 0) is 11.2 Å². The van der Waals surface area contributed by atoms with E-state index in [4.69, 9.17) is 4.74 Å². The molecule has 104 valence electrons. The van der Waals surface area contributed by atoms with Crippen molar-refractivity contribution >= 4 is 0 Å². The van der Waals surface area contributed by atoms with Crippen LogP contribution in [0.5, 0.6) is 0 Å². The lowest BCUT2D eigenvalue weighted by Crippen LogP contribution is -2.38. The zero-order valence-corrected chi connectivity index (χ0v) is 11.8. The van der Waals surface area contributed by atoms with E-state index in [0.29, 0.717) is 6.04 Å². The summed E-state index contributed by atoms with van der Waals surface area (Å²) in [4.78, 5) is 2.45. The summed E-state index contributed by atoms with van der Waals surface area (Å²) in [6, 6.07) is 4.28. The summed E-state index contributed by atoms with van der Waals surface area (Å²) in [6.45, 7) is 7.66. The number of aryl methyl sites for hydroxylation is 1. The number of morpholine rings is 1. The maximum absolute atomic E-state index is 14.2. The molecule has 0 radical (unpaired) electrons. The third-order valence-corrected chi connectivity index (χ3v) is 4.41. The molecule has 1 fully saturated rings. The van der Waals surface area contributed by atoms with Crippen LogP contribution in [0.25, 0.3) is 0 Å². The van der Waals surface area contributed by atoms with Crippen molar-refractivity contribution in [2.45, 2.75) is 38.6 Å². The van der Waals surface area contributed by atoms with Crippen molar-refractivity contribution in [2.24, 2.45) is 0 Å². The molecule has 2 nitrogen and oxygen atoms in total. The Morgan fingerprint density at radius 1 is 1.26 bits per heavy atom. The van der Waals surface area contributed by atoms with Crippen molar-refractivity contribution in [2.75, 3.05) is 26.3 Å². The number of ether oxygens (including phenoxy) is 1. The molecule has 1 atom stereocenters. The number of fused-ring (bicyclic) bond motifs is 1. The Kier molecular flexibility index (Phi) is 3.59. The molecule has 1 unspecified atom stereocenters. The molecular weight excluding hydrogens is 241 g/mol. The molecule has 0 amide bonds. The highest BCUT2D eigenvalue weighted by molar-refractivity contribution is 5.40. The summed E-state index contributed by atoms with van der Waals surface area (Å²) in [5, 5.41) is 0. The van der Waals surface area contributed by atoms with Crippen LogP contribution in [0.2, 0.25) is 0 Å². The second-order valence-corrected chi connectivity index (χ2v) is 5.93. The Labute approximate surface area is 114 Å². The van der Waals surface area contributed by atoms with Gasteiger partial charge in [-0.15, -0.1) is 0 Å². The largest absolute Gasteiger partial charge is 0.379 e. The molecule has 1 heterocycles. The lowest BCUT2D eigenvalue weighted by molar-refractivity contribution is 0.0164. The average molecular weight is 263 g/mol. The van der Waals surface area contributed by atoms with E-state index < -0.39 is 0 Å². The lowest BCUT2D eigenvalue weighted by atomic mass is 9.96. The van der Waals surface area contributed by atoms with Gasteiger partial charge in [0.2, 0.25) is 0 Å². The number of nitrogens with zero attached hydrogens (tertiary/aromatic N) is 1. The molecule has 0 N–H and O–H groups in total. The number of hydrogen-bond acceptors (Lipinski definition) is 2. The van der Waals surface area contributed by atoms with Gasteiger partial charge < -0.3 is 4.74 Å². The summed E-state index contributed by atoms with van der Waals surface area (Å²) in [5.74, 6) is 0.224. The first kappa shape index (κ1) is 13.1. The monoisotopic (exact) mass is 263 g/mol. The molecule has 1 saturated heterocycles. The number of benzene rings is 1. The van der Waals surface area contributed by atoms with Crippen LogP contribution in [0.1, 0.15) is 48.9 Å². The lowest BCUT2D eigenvalue weighted by Gasteiger charge is -2.32. The SMILES string of the molecule is CC(C)c1cc2c(cc1F)C(N1CCOCC1)CC2. The van der Waals surface area contributed by atoms with Crippen molar-refractivity contribution < 1.29 is 9.13 Å². The Balaban J connectivity index is 1.90. The summed E-state index contributed by atoms with van der Waals surface area (Å²) >= 11 is 0. The highest BCUT2D eigenvalue weighted by Gasteiger charge is 2.30. The third kappa shape index (κ3) is 2.41.